The van der Waals surface area contributed by atoms with Gasteiger partial charge in [-0.05, 0) is 18.9 Å². The summed E-state index contributed by atoms with van der Waals surface area (Å²) in [4.78, 5) is 9.12. The molecular weight excluding hydrogens is 250 g/mol. The minimum absolute atomic E-state index is 0.495. The minimum atomic E-state index is 0.495. The Morgan fingerprint density at radius 3 is 3.06 bits per heavy atom. The molecule has 0 amide bonds. The van der Waals surface area contributed by atoms with E-state index in [4.69, 9.17) is 0 Å². The standard InChI is InChI=1S/C12H17N3S2/c1-2-9(1)14-7-10-3-4-13-12(15-10)11-8-16-5-6-17-11/h3-4,9,11,14H,1-2,5-8H2. The van der Waals surface area contributed by atoms with Crippen LogP contribution in [0.2, 0.25) is 0 Å². The van der Waals surface area contributed by atoms with Crippen molar-refractivity contribution in [3.63, 3.8) is 0 Å². The molecule has 1 aromatic heterocycles. The van der Waals surface area contributed by atoms with Gasteiger partial charge in [0.1, 0.15) is 5.82 Å². The van der Waals surface area contributed by atoms with Crippen LogP contribution in [0.4, 0.5) is 0 Å². The molecule has 92 valence electrons. The van der Waals surface area contributed by atoms with Crippen LogP contribution < -0.4 is 5.32 Å². The fourth-order valence-corrected chi connectivity index (χ4v) is 4.45. The van der Waals surface area contributed by atoms with E-state index in [1.54, 1.807) is 0 Å². The molecule has 1 aliphatic heterocycles. The van der Waals surface area contributed by atoms with E-state index < -0.39 is 0 Å². The van der Waals surface area contributed by atoms with E-state index >= 15 is 0 Å². The Balaban J connectivity index is 1.64. The molecule has 3 rings (SSSR count). The van der Waals surface area contributed by atoms with E-state index in [9.17, 15) is 0 Å². The van der Waals surface area contributed by atoms with Crippen molar-refractivity contribution in [1.29, 1.82) is 0 Å². The summed E-state index contributed by atoms with van der Waals surface area (Å²) in [7, 11) is 0. The number of thioether (sulfide) groups is 2. The number of nitrogens with one attached hydrogen (secondary N) is 1. The predicted octanol–water partition coefficient (Wildman–Crippen LogP) is 2.25. The maximum absolute atomic E-state index is 4.69. The van der Waals surface area contributed by atoms with Crippen molar-refractivity contribution in [3.8, 4) is 0 Å². The largest absolute Gasteiger partial charge is 0.308 e. The molecule has 2 aliphatic rings. The van der Waals surface area contributed by atoms with Crippen LogP contribution in [0.1, 0.15) is 29.6 Å². The lowest BCUT2D eigenvalue weighted by atomic mass is 10.3. The first-order chi connectivity index (χ1) is 8.42. The van der Waals surface area contributed by atoms with Gasteiger partial charge in [-0.25, -0.2) is 9.97 Å². The smallest absolute Gasteiger partial charge is 0.142 e. The van der Waals surface area contributed by atoms with E-state index in [2.05, 4.69) is 15.3 Å². The van der Waals surface area contributed by atoms with E-state index in [1.807, 2.05) is 35.8 Å². The van der Waals surface area contributed by atoms with E-state index in [-0.39, 0.29) is 0 Å². The maximum Gasteiger partial charge on any atom is 0.142 e. The first kappa shape index (κ1) is 11.8. The fourth-order valence-electron chi connectivity index (χ4n) is 1.84. The second-order valence-electron chi connectivity index (χ2n) is 4.50. The van der Waals surface area contributed by atoms with Crippen molar-refractivity contribution in [2.24, 2.45) is 0 Å². The van der Waals surface area contributed by atoms with Gasteiger partial charge in [-0.1, -0.05) is 0 Å². The second kappa shape index (κ2) is 5.59. The van der Waals surface area contributed by atoms with Gasteiger partial charge in [0.2, 0.25) is 0 Å². The zero-order chi connectivity index (χ0) is 11.5. The molecule has 1 saturated heterocycles. The lowest BCUT2D eigenvalue weighted by Gasteiger charge is -2.19. The van der Waals surface area contributed by atoms with Gasteiger partial charge in [-0.15, -0.1) is 11.8 Å². The Kier molecular flexibility index (Phi) is 3.88. The van der Waals surface area contributed by atoms with Crippen LogP contribution in [0, 0.1) is 0 Å². The third-order valence-electron chi connectivity index (χ3n) is 2.99. The summed E-state index contributed by atoms with van der Waals surface area (Å²) in [5.41, 5.74) is 1.14. The van der Waals surface area contributed by atoms with Gasteiger partial charge in [0, 0.05) is 36.0 Å². The summed E-state index contributed by atoms with van der Waals surface area (Å²) < 4.78 is 0. The van der Waals surface area contributed by atoms with Crippen molar-refractivity contribution in [3.05, 3.63) is 23.8 Å². The van der Waals surface area contributed by atoms with Gasteiger partial charge in [0.15, 0.2) is 0 Å². The highest BCUT2D eigenvalue weighted by atomic mass is 32.2. The summed E-state index contributed by atoms with van der Waals surface area (Å²) >= 11 is 4.01. The van der Waals surface area contributed by atoms with Crippen LogP contribution in [-0.4, -0.2) is 33.3 Å². The molecule has 0 spiro atoms. The van der Waals surface area contributed by atoms with Crippen LogP contribution in [0.15, 0.2) is 12.3 Å². The van der Waals surface area contributed by atoms with E-state index in [0.717, 1.165) is 29.9 Å². The molecule has 1 saturated carbocycles. The summed E-state index contributed by atoms with van der Waals surface area (Å²) in [5, 5.41) is 4.00. The summed E-state index contributed by atoms with van der Waals surface area (Å²) in [6.07, 6.45) is 4.56. The van der Waals surface area contributed by atoms with Crippen molar-refractivity contribution < 1.29 is 0 Å². The Hall–Kier alpha value is -0.260. The number of hydrogen-bond acceptors (Lipinski definition) is 5. The third-order valence-corrected chi connectivity index (χ3v) is 5.74. The quantitative estimate of drug-likeness (QED) is 0.905. The second-order valence-corrected chi connectivity index (χ2v) is 6.96. The normalized spacial score (nSPS) is 24.8. The fraction of sp³-hybridized carbons (Fsp3) is 0.667. The van der Waals surface area contributed by atoms with Crippen molar-refractivity contribution in [2.45, 2.75) is 30.7 Å². The number of aromatic nitrogens is 2. The van der Waals surface area contributed by atoms with E-state index in [1.165, 1.54) is 24.3 Å². The van der Waals surface area contributed by atoms with Gasteiger partial charge in [0.25, 0.3) is 0 Å². The van der Waals surface area contributed by atoms with Gasteiger partial charge in [-0.2, -0.15) is 11.8 Å². The average molecular weight is 267 g/mol. The third kappa shape index (κ3) is 3.36. The molecule has 0 bridgehead atoms. The Morgan fingerprint density at radius 1 is 1.35 bits per heavy atom. The molecule has 17 heavy (non-hydrogen) atoms. The number of rotatable bonds is 4. The van der Waals surface area contributed by atoms with E-state index in [0.29, 0.717) is 5.25 Å². The molecule has 1 aliphatic carbocycles. The lowest BCUT2D eigenvalue weighted by molar-refractivity contribution is 0.667. The van der Waals surface area contributed by atoms with Crippen LogP contribution >= 0.6 is 23.5 Å². The topological polar surface area (TPSA) is 37.8 Å². The van der Waals surface area contributed by atoms with Crippen molar-refractivity contribution in [2.75, 3.05) is 17.3 Å². The summed E-state index contributed by atoms with van der Waals surface area (Å²) in [6, 6.07) is 2.77. The molecule has 1 atom stereocenters. The zero-order valence-electron chi connectivity index (χ0n) is 9.76. The van der Waals surface area contributed by atoms with Gasteiger partial charge >= 0.3 is 0 Å². The van der Waals surface area contributed by atoms with Gasteiger partial charge < -0.3 is 5.32 Å². The molecule has 0 aromatic carbocycles. The van der Waals surface area contributed by atoms with Crippen LogP contribution in [0.25, 0.3) is 0 Å². The minimum Gasteiger partial charge on any atom is -0.308 e. The molecule has 2 fully saturated rings. The molecule has 0 radical (unpaired) electrons. The first-order valence-corrected chi connectivity index (χ1v) is 8.37. The highest BCUT2D eigenvalue weighted by Crippen LogP contribution is 2.34. The average Bonchev–Trinajstić information content (AvgIpc) is 3.22. The molecule has 1 N–H and O–H groups in total. The highest BCUT2D eigenvalue weighted by molar-refractivity contribution is 8.06. The van der Waals surface area contributed by atoms with Crippen LogP contribution in [0.3, 0.4) is 0 Å². The number of nitrogens with zero attached hydrogens (tertiary/aromatic N) is 2. The van der Waals surface area contributed by atoms with Crippen LogP contribution in [-0.2, 0) is 6.54 Å². The Morgan fingerprint density at radius 2 is 2.29 bits per heavy atom. The Labute approximate surface area is 111 Å². The molecule has 1 aromatic rings. The summed E-state index contributed by atoms with van der Waals surface area (Å²) in [5.74, 6) is 4.68. The monoisotopic (exact) mass is 267 g/mol. The number of hydrogen-bond donors (Lipinski definition) is 1. The van der Waals surface area contributed by atoms with Crippen molar-refractivity contribution >= 4 is 23.5 Å². The van der Waals surface area contributed by atoms with Gasteiger partial charge in [0.05, 0.1) is 10.9 Å². The molecule has 5 heteroatoms. The molecule has 3 nitrogen and oxygen atoms in total. The predicted molar refractivity (Wildman–Crippen MR) is 74.4 cm³/mol. The lowest BCUT2D eigenvalue weighted by Crippen LogP contribution is -2.18. The van der Waals surface area contributed by atoms with Gasteiger partial charge in [-0.3, -0.25) is 0 Å². The zero-order valence-corrected chi connectivity index (χ0v) is 11.4. The SMILES string of the molecule is c1cc(CNC2CC2)nc(C2CSCCS2)n1. The first-order valence-electron chi connectivity index (χ1n) is 6.16. The van der Waals surface area contributed by atoms with Crippen molar-refractivity contribution in [1.82, 2.24) is 15.3 Å². The molecular formula is C12H17N3S2. The van der Waals surface area contributed by atoms with Crippen LogP contribution in [0.5, 0.6) is 0 Å². The summed E-state index contributed by atoms with van der Waals surface area (Å²) in [6.45, 7) is 0.894. The maximum atomic E-state index is 4.69. The highest BCUT2D eigenvalue weighted by Gasteiger charge is 2.21. The Bertz CT molecular complexity index is 376. The molecule has 1 unspecified atom stereocenters. The molecule has 2 heterocycles.